The van der Waals surface area contributed by atoms with Crippen LogP contribution in [0.4, 0.5) is 17.1 Å². The smallest absolute Gasteiger partial charge is 0.229 e. The molecule has 27 heavy (non-hydrogen) atoms. The highest BCUT2D eigenvalue weighted by molar-refractivity contribution is 6.33. The summed E-state index contributed by atoms with van der Waals surface area (Å²) >= 11 is 6.10. The average Bonchev–Trinajstić information content (AvgIpc) is 3.07. The third kappa shape index (κ3) is 4.25. The fourth-order valence-corrected chi connectivity index (χ4v) is 3.55. The van der Waals surface area contributed by atoms with Crippen molar-refractivity contribution in [2.45, 2.75) is 20.3 Å². The lowest BCUT2D eigenvalue weighted by Gasteiger charge is -2.22. The number of para-hydroxylation sites is 1. The molecule has 2 aromatic carbocycles. The predicted molar refractivity (Wildman–Crippen MR) is 111 cm³/mol. The van der Waals surface area contributed by atoms with Crippen LogP contribution in [0.2, 0.25) is 5.02 Å². The van der Waals surface area contributed by atoms with Crippen LogP contribution in [0.3, 0.4) is 0 Å². The number of benzene rings is 2. The molecular weight excluding hydrogens is 362 g/mol. The minimum atomic E-state index is -0.392. The molecule has 0 radical (unpaired) electrons. The summed E-state index contributed by atoms with van der Waals surface area (Å²) in [7, 11) is 0. The third-order valence-corrected chi connectivity index (χ3v) is 5.25. The lowest BCUT2D eigenvalue weighted by molar-refractivity contribution is -0.122. The zero-order valence-corrected chi connectivity index (χ0v) is 16.4. The molecule has 1 saturated heterocycles. The van der Waals surface area contributed by atoms with E-state index in [1.54, 1.807) is 23.1 Å². The lowest BCUT2D eigenvalue weighted by atomic mass is 10.1. The number of hydrogen-bond donors (Lipinski definition) is 1. The average molecular weight is 386 g/mol. The van der Waals surface area contributed by atoms with Crippen molar-refractivity contribution in [3.8, 4) is 0 Å². The summed E-state index contributed by atoms with van der Waals surface area (Å²) in [6.07, 6.45) is 0.202. The first-order valence-electron chi connectivity index (χ1n) is 9.24. The Morgan fingerprint density at radius 1 is 1.15 bits per heavy atom. The van der Waals surface area contributed by atoms with Crippen molar-refractivity contribution in [1.29, 1.82) is 0 Å². The fourth-order valence-electron chi connectivity index (χ4n) is 3.36. The van der Waals surface area contributed by atoms with Gasteiger partial charge in [0.2, 0.25) is 11.8 Å². The highest BCUT2D eigenvalue weighted by atomic mass is 35.5. The monoisotopic (exact) mass is 385 g/mol. The Morgan fingerprint density at radius 3 is 2.44 bits per heavy atom. The van der Waals surface area contributed by atoms with Crippen molar-refractivity contribution in [2.75, 3.05) is 34.8 Å². The Labute approximate surface area is 164 Å². The summed E-state index contributed by atoms with van der Waals surface area (Å²) in [6, 6.07) is 15.0. The van der Waals surface area contributed by atoms with Crippen LogP contribution in [-0.4, -0.2) is 31.4 Å². The Balaban J connectivity index is 1.68. The summed E-state index contributed by atoms with van der Waals surface area (Å²) in [5.41, 5.74) is 2.52. The van der Waals surface area contributed by atoms with Gasteiger partial charge in [-0.2, -0.15) is 0 Å². The summed E-state index contributed by atoms with van der Waals surface area (Å²) in [4.78, 5) is 28.9. The van der Waals surface area contributed by atoms with Crippen molar-refractivity contribution < 1.29 is 9.59 Å². The molecule has 1 atom stereocenters. The molecule has 1 aliphatic heterocycles. The molecular formula is C21H24ClN3O2. The first-order valence-corrected chi connectivity index (χ1v) is 9.62. The Morgan fingerprint density at radius 2 is 1.81 bits per heavy atom. The maximum absolute atomic E-state index is 12.6. The van der Waals surface area contributed by atoms with Gasteiger partial charge >= 0.3 is 0 Å². The van der Waals surface area contributed by atoms with Crippen molar-refractivity contribution in [3.63, 3.8) is 0 Å². The molecule has 0 spiro atoms. The molecule has 0 bridgehead atoms. The molecule has 0 aromatic heterocycles. The standard InChI is InChI=1S/C21H24ClN3O2/c1-3-24(4-2)16-9-11-17(12-10-16)25-14-15(13-20(25)26)21(27)23-19-8-6-5-7-18(19)22/h5-12,15H,3-4,13-14H2,1-2H3,(H,23,27). The van der Waals surface area contributed by atoms with Crippen molar-refractivity contribution in [1.82, 2.24) is 0 Å². The number of carbonyl (C=O) groups excluding carboxylic acids is 2. The molecule has 1 aliphatic rings. The van der Waals surface area contributed by atoms with Gasteiger partial charge in [0, 0.05) is 37.4 Å². The Hall–Kier alpha value is -2.53. The van der Waals surface area contributed by atoms with Gasteiger partial charge in [0.1, 0.15) is 0 Å². The van der Waals surface area contributed by atoms with Gasteiger partial charge < -0.3 is 15.1 Å². The van der Waals surface area contributed by atoms with E-state index in [1.807, 2.05) is 30.3 Å². The number of rotatable bonds is 6. The van der Waals surface area contributed by atoms with Crippen molar-refractivity contribution in [2.24, 2.45) is 5.92 Å². The summed E-state index contributed by atoms with van der Waals surface area (Å²) in [5.74, 6) is -0.611. The van der Waals surface area contributed by atoms with Gasteiger partial charge in [-0.25, -0.2) is 0 Å². The normalized spacial score (nSPS) is 16.5. The second-order valence-electron chi connectivity index (χ2n) is 6.56. The second-order valence-corrected chi connectivity index (χ2v) is 6.97. The minimum absolute atomic E-state index is 0.0371. The highest BCUT2D eigenvalue weighted by Gasteiger charge is 2.35. The molecule has 0 saturated carbocycles. The van der Waals surface area contributed by atoms with Crippen molar-refractivity contribution >= 4 is 40.5 Å². The molecule has 1 heterocycles. The van der Waals surface area contributed by atoms with E-state index >= 15 is 0 Å². The van der Waals surface area contributed by atoms with Crippen molar-refractivity contribution in [3.05, 3.63) is 53.6 Å². The van der Waals surface area contributed by atoms with Gasteiger partial charge in [-0.1, -0.05) is 23.7 Å². The molecule has 6 heteroatoms. The van der Waals surface area contributed by atoms with Crippen LogP contribution in [0.15, 0.2) is 48.5 Å². The molecule has 0 aliphatic carbocycles. The molecule has 1 unspecified atom stereocenters. The quantitative estimate of drug-likeness (QED) is 0.811. The SMILES string of the molecule is CCN(CC)c1ccc(N2CC(C(=O)Nc3ccccc3Cl)CC2=O)cc1. The van der Waals surface area contributed by atoms with Crippen LogP contribution < -0.4 is 15.1 Å². The topological polar surface area (TPSA) is 52.6 Å². The van der Waals surface area contributed by atoms with E-state index in [9.17, 15) is 9.59 Å². The van der Waals surface area contributed by atoms with E-state index in [1.165, 1.54) is 0 Å². The highest BCUT2D eigenvalue weighted by Crippen LogP contribution is 2.29. The predicted octanol–water partition coefficient (Wildman–Crippen LogP) is 4.18. The Bertz CT molecular complexity index is 818. The molecule has 5 nitrogen and oxygen atoms in total. The fraction of sp³-hybridized carbons (Fsp3) is 0.333. The van der Waals surface area contributed by atoms with E-state index in [0.717, 1.165) is 24.5 Å². The third-order valence-electron chi connectivity index (χ3n) is 4.92. The first-order chi connectivity index (χ1) is 13.0. The van der Waals surface area contributed by atoms with Crippen LogP contribution in [0, 0.1) is 5.92 Å². The maximum Gasteiger partial charge on any atom is 0.229 e. The van der Waals surface area contributed by atoms with Gasteiger partial charge in [-0.15, -0.1) is 0 Å². The van der Waals surface area contributed by atoms with Gasteiger partial charge in [0.15, 0.2) is 0 Å². The van der Waals surface area contributed by atoms with Crippen LogP contribution in [0.25, 0.3) is 0 Å². The minimum Gasteiger partial charge on any atom is -0.372 e. The largest absolute Gasteiger partial charge is 0.372 e. The molecule has 3 rings (SSSR count). The number of carbonyl (C=O) groups is 2. The Kier molecular flexibility index (Phi) is 6.01. The first kappa shape index (κ1) is 19.2. The number of anilines is 3. The van der Waals surface area contributed by atoms with Crippen LogP contribution in [0.5, 0.6) is 0 Å². The number of nitrogens with one attached hydrogen (secondary N) is 1. The van der Waals surface area contributed by atoms with E-state index in [0.29, 0.717) is 17.3 Å². The van der Waals surface area contributed by atoms with E-state index in [2.05, 4.69) is 24.1 Å². The number of hydrogen-bond acceptors (Lipinski definition) is 3. The van der Waals surface area contributed by atoms with Gasteiger partial charge in [0.25, 0.3) is 0 Å². The van der Waals surface area contributed by atoms with E-state index in [4.69, 9.17) is 11.6 Å². The van der Waals surface area contributed by atoms with Gasteiger partial charge in [-0.05, 0) is 50.2 Å². The second kappa shape index (κ2) is 8.44. The zero-order chi connectivity index (χ0) is 19.4. The van der Waals surface area contributed by atoms with Crippen LogP contribution in [0.1, 0.15) is 20.3 Å². The van der Waals surface area contributed by atoms with Crippen LogP contribution >= 0.6 is 11.6 Å². The van der Waals surface area contributed by atoms with E-state index in [-0.39, 0.29) is 18.2 Å². The molecule has 142 valence electrons. The maximum atomic E-state index is 12.6. The van der Waals surface area contributed by atoms with E-state index < -0.39 is 5.92 Å². The summed E-state index contributed by atoms with van der Waals surface area (Å²) in [5, 5.41) is 3.31. The van der Waals surface area contributed by atoms with Gasteiger partial charge in [0.05, 0.1) is 16.6 Å². The summed E-state index contributed by atoms with van der Waals surface area (Å²) in [6.45, 7) is 6.47. The zero-order valence-electron chi connectivity index (χ0n) is 15.6. The molecule has 2 amide bonds. The molecule has 1 fully saturated rings. The molecule has 1 N–H and O–H groups in total. The summed E-state index contributed by atoms with van der Waals surface area (Å²) < 4.78 is 0. The number of amides is 2. The van der Waals surface area contributed by atoms with Crippen LogP contribution in [-0.2, 0) is 9.59 Å². The lowest BCUT2D eigenvalue weighted by Crippen LogP contribution is -2.28. The number of halogens is 1. The molecule has 2 aromatic rings. The van der Waals surface area contributed by atoms with Gasteiger partial charge in [-0.3, -0.25) is 9.59 Å². The number of nitrogens with zero attached hydrogens (tertiary/aromatic N) is 2.